The lowest BCUT2D eigenvalue weighted by Gasteiger charge is -2.45. The van der Waals surface area contributed by atoms with Gasteiger partial charge in [-0.2, -0.15) is 0 Å². The average molecular weight is 384 g/mol. The summed E-state index contributed by atoms with van der Waals surface area (Å²) in [6, 6.07) is 0. The monoisotopic (exact) mass is 384 g/mol. The summed E-state index contributed by atoms with van der Waals surface area (Å²) in [7, 11) is 0. The molecule has 7 N–H and O–H groups in total. The van der Waals surface area contributed by atoms with Crippen molar-refractivity contribution in [3.05, 3.63) is 0 Å². The topological polar surface area (TPSA) is 196 Å². The van der Waals surface area contributed by atoms with E-state index >= 15 is 0 Å². The lowest BCUT2D eigenvalue weighted by Crippen LogP contribution is -2.64. The predicted octanol–water partition coefficient (Wildman–Crippen LogP) is -4.83. The van der Waals surface area contributed by atoms with Gasteiger partial charge < -0.3 is 54.7 Å². The smallest absolute Gasteiger partial charge is 0.302 e. The molecule has 0 aliphatic carbocycles. The largest absolute Gasteiger partial charge is 0.463 e. The summed E-state index contributed by atoms with van der Waals surface area (Å²) >= 11 is 0. The predicted molar refractivity (Wildman–Crippen MR) is 78.2 cm³/mol. The number of carbonyl (C=O) groups is 1. The normalized spacial score (nSPS) is 46.8. The van der Waals surface area contributed by atoms with Crippen molar-refractivity contribution in [2.24, 2.45) is 0 Å². The van der Waals surface area contributed by atoms with Gasteiger partial charge >= 0.3 is 5.97 Å². The Morgan fingerprint density at radius 3 is 2.12 bits per heavy atom. The van der Waals surface area contributed by atoms with E-state index in [1.165, 1.54) is 0 Å². The zero-order chi connectivity index (χ0) is 19.6. The van der Waals surface area contributed by atoms with Gasteiger partial charge in [-0.25, -0.2) is 0 Å². The molecule has 12 heteroatoms. The van der Waals surface area contributed by atoms with Crippen LogP contribution in [-0.4, -0.2) is 116 Å². The summed E-state index contributed by atoms with van der Waals surface area (Å²) in [5.41, 5.74) is 0. The summed E-state index contributed by atoms with van der Waals surface area (Å²) in [6.07, 6.45) is -15.8. The van der Waals surface area contributed by atoms with Crippen LogP contribution in [0.15, 0.2) is 0 Å². The minimum atomic E-state index is -1.76. The van der Waals surface area contributed by atoms with Crippen molar-refractivity contribution in [3.8, 4) is 0 Å². The fourth-order valence-corrected chi connectivity index (χ4v) is 2.76. The molecule has 152 valence electrons. The molecule has 2 aliphatic heterocycles. The highest BCUT2D eigenvalue weighted by Gasteiger charge is 2.50. The van der Waals surface area contributed by atoms with E-state index in [0.717, 1.165) is 6.92 Å². The van der Waals surface area contributed by atoms with Gasteiger partial charge in [-0.1, -0.05) is 0 Å². The van der Waals surface area contributed by atoms with Gasteiger partial charge in [-0.05, 0) is 0 Å². The Morgan fingerprint density at radius 2 is 1.54 bits per heavy atom. The van der Waals surface area contributed by atoms with Crippen LogP contribution in [-0.2, 0) is 23.7 Å². The molecule has 0 aromatic heterocycles. The molecule has 2 fully saturated rings. The van der Waals surface area contributed by atoms with Crippen molar-refractivity contribution in [3.63, 3.8) is 0 Å². The zero-order valence-electron chi connectivity index (χ0n) is 13.9. The number of aliphatic hydroxyl groups excluding tert-OH is 7. The molecule has 0 aromatic carbocycles. The zero-order valence-corrected chi connectivity index (χ0v) is 13.9. The van der Waals surface area contributed by atoms with Crippen LogP contribution in [0.25, 0.3) is 0 Å². The number of rotatable bonds is 5. The van der Waals surface area contributed by atoms with Crippen molar-refractivity contribution >= 4 is 5.97 Å². The summed E-state index contributed by atoms with van der Waals surface area (Å²) < 4.78 is 20.3. The molecular formula is C14H24O12. The maximum atomic E-state index is 10.9. The van der Waals surface area contributed by atoms with E-state index in [2.05, 4.69) is 0 Å². The molecule has 2 heterocycles. The van der Waals surface area contributed by atoms with E-state index < -0.39 is 80.6 Å². The second-order valence-electron chi connectivity index (χ2n) is 6.15. The highest BCUT2D eigenvalue weighted by atomic mass is 16.7. The van der Waals surface area contributed by atoms with E-state index in [0.29, 0.717) is 0 Å². The van der Waals surface area contributed by atoms with Gasteiger partial charge in [0.25, 0.3) is 0 Å². The lowest BCUT2D eigenvalue weighted by atomic mass is 9.97. The van der Waals surface area contributed by atoms with Crippen LogP contribution in [0.4, 0.5) is 0 Å². The SMILES string of the molecule is CC(=O)OCC1O[C@@H](O[C@@H]2C(CO)O[C@@H](O)C(O)[C@H]2O)C(O)[C@@H](O)[C@H]1O. The van der Waals surface area contributed by atoms with Crippen LogP contribution in [0, 0.1) is 0 Å². The van der Waals surface area contributed by atoms with Gasteiger partial charge in [0.15, 0.2) is 12.6 Å². The molecule has 0 amide bonds. The van der Waals surface area contributed by atoms with Gasteiger partial charge in [0.05, 0.1) is 6.61 Å². The van der Waals surface area contributed by atoms with Gasteiger partial charge in [0.1, 0.15) is 55.4 Å². The number of hydrogen-bond donors (Lipinski definition) is 7. The Balaban J connectivity index is 2.10. The fraction of sp³-hybridized carbons (Fsp3) is 0.929. The van der Waals surface area contributed by atoms with E-state index in [1.807, 2.05) is 0 Å². The number of aliphatic hydroxyl groups is 7. The van der Waals surface area contributed by atoms with Crippen LogP contribution in [0.5, 0.6) is 0 Å². The Morgan fingerprint density at radius 1 is 0.885 bits per heavy atom. The maximum absolute atomic E-state index is 10.9. The first kappa shape index (κ1) is 21.4. The van der Waals surface area contributed by atoms with Crippen molar-refractivity contribution in [2.75, 3.05) is 13.2 Å². The minimum Gasteiger partial charge on any atom is -0.463 e. The Bertz CT molecular complexity index is 473. The molecule has 0 bridgehead atoms. The molecule has 0 radical (unpaired) electrons. The number of ether oxygens (including phenoxy) is 4. The van der Waals surface area contributed by atoms with Gasteiger partial charge in [-0.15, -0.1) is 0 Å². The number of hydrogen-bond acceptors (Lipinski definition) is 12. The Kier molecular flexibility index (Phi) is 7.27. The molecule has 0 saturated carbocycles. The maximum Gasteiger partial charge on any atom is 0.302 e. The van der Waals surface area contributed by atoms with E-state index in [9.17, 15) is 40.5 Å². The first-order chi connectivity index (χ1) is 12.2. The third kappa shape index (κ3) is 4.48. The quantitative estimate of drug-likeness (QED) is 0.224. The Hall–Kier alpha value is -0.930. The standard InChI is InChI=1S/C14H24O12/c1-4(16)23-3-6-7(17)8(18)11(21)14(25-6)26-12-5(2-15)24-13(22)10(20)9(12)19/h5-15,17-22H,2-3H2,1H3/t5?,6?,7-,8-,9+,10?,11?,12+,13+,14-/m0/s1. The summed E-state index contributed by atoms with van der Waals surface area (Å²) in [6.45, 7) is -0.00621. The van der Waals surface area contributed by atoms with Crippen molar-refractivity contribution < 1.29 is 59.5 Å². The first-order valence-electron chi connectivity index (χ1n) is 7.96. The summed E-state index contributed by atoms with van der Waals surface area (Å²) in [5.74, 6) is -0.660. The molecule has 12 nitrogen and oxygen atoms in total. The molecule has 4 unspecified atom stereocenters. The van der Waals surface area contributed by atoms with E-state index in [4.69, 9.17) is 18.9 Å². The highest BCUT2D eigenvalue weighted by Crippen LogP contribution is 2.28. The summed E-state index contributed by atoms with van der Waals surface area (Å²) in [4.78, 5) is 10.9. The molecular weight excluding hydrogens is 360 g/mol. The molecule has 10 atom stereocenters. The molecule has 2 aliphatic rings. The summed E-state index contributed by atoms with van der Waals surface area (Å²) in [5, 5.41) is 68.4. The van der Waals surface area contributed by atoms with Gasteiger partial charge in [0.2, 0.25) is 0 Å². The highest BCUT2D eigenvalue weighted by molar-refractivity contribution is 5.65. The molecule has 2 rings (SSSR count). The number of esters is 1. The molecule has 2 saturated heterocycles. The average Bonchev–Trinajstić information content (AvgIpc) is 2.60. The molecule has 0 spiro atoms. The molecule has 26 heavy (non-hydrogen) atoms. The second-order valence-corrected chi connectivity index (χ2v) is 6.15. The van der Waals surface area contributed by atoms with Crippen LogP contribution < -0.4 is 0 Å². The van der Waals surface area contributed by atoms with Crippen molar-refractivity contribution in [2.45, 2.75) is 68.3 Å². The third-order valence-corrected chi connectivity index (χ3v) is 4.25. The first-order valence-corrected chi connectivity index (χ1v) is 7.96. The van der Waals surface area contributed by atoms with Crippen LogP contribution in [0.1, 0.15) is 6.92 Å². The lowest BCUT2D eigenvalue weighted by molar-refractivity contribution is -0.355. The van der Waals surface area contributed by atoms with E-state index in [1.54, 1.807) is 0 Å². The van der Waals surface area contributed by atoms with Gasteiger partial charge in [-0.3, -0.25) is 4.79 Å². The van der Waals surface area contributed by atoms with Crippen molar-refractivity contribution in [1.82, 2.24) is 0 Å². The van der Waals surface area contributed by atoms with Crippen LogP contribution in [0.2, 0.25) is 0 Å². The van der Waals surface area contributed by atoms with Crippen LogP contribution >= 0.6 is 0 Å². The second kappa shape index (κ2) is 8.84. The minimum absolute atomic E-state index is 0.436. The fourth-order valence-electron chi connectivity index (χ4n) is 2.76. The Labute approximate surface area is 148 Å². The van der Waals surface area contributed by atoms with E-state index in [-0.39, 0.29) is 0 Å². The van der Waals surface area contributed by atoms with Crippen LogP contribution in [0.3, 0.4) is 0 Å². The van der Waals surface area contributed by atoms with Crippen molar-refractivity contribution in [1.29, 1.82) is 0 Å². The number of carbonyl (C=O) groups excluding carboxylic acids is 1. The van der Waals surface area contributed by atoms with Gasteiger partial charge in [0, 0.05) is 6.92 Å². The molecule has 0 aromatic rings. The third-order valence-electron chi connectivity index (χ3n) is 4.25.